The number of hydrogen-bond acceptors (Lipinski definition) is 6. The maximum atomic E-state index is 13.8. The van der Waals surface area contributed by atoms with Gasteiger partial charge in [0.25, 0.3) is 0 Å². The number of fused-ring (bicyclic) bond motifs is 1. The van der Waals surface area contributed by atoms with Gasteiger partial charge in [-0.1, -0.05) is 33.3 Å². The summed E-state index contributed by atoms with van der Waals surface area (Å²) in [6, 6.07) is 5.27. The Kier molecular flexibility index (Phi) is 10.6. The van der Waals surface area contributed by atoms with Crippen molar-refractivity contribution >= 4 is 17.8 Å². The monoisotopic (exact) mass is 601 g/mol. The maximum absolute atomic E-state index is 13.8. The van der Waals surface area contributed by atoms with E-state index in [1.54, 1.807) is 0 Å². The number of hydrogen-bond donors (Lipinski definition) is 1. The van der Waals surface area contributed by atoms with E-state index in [-0.39, 0.29) is 37.1 Å². The largest absolute Gasteiger partial charge is 0.481 e. The lowest BCUT2D eigenvalue weighted by Crippen LogP contribution is -2.46. The molecule has 4 rings (SSSR count). The van der Waals surface area contributed by atoms with Crippen LogP contribution < -0.4 is 9.47 Å². The fourth-order valence-corrected chi connectivity index (χ4v) is 6.76. The summed E-state index contributed by atoms with van der Waals surface area (Å²) in [7, 11) is 6.54. The van der Waals surface area contributed by atoms with Crippen LogP contribution in [0.2, 0.25) is 0 Å². The van der Waals surface area contributed by atoms with Crippen molar-refractivity contribution in [3.63, 3.8) is 0 Å². The standard InChI is InChI=1S/C33H52N4O6/c1-7-8-15-34(16-9-10-19-37(4,5)6)29(38)22-36-21-25(24-11-12-27-28(20-24)43-23-42-27)30(31(39)40)26(36)13-17-35-18-14-33(2,3)32(35)41/h11-12,20,25-26,30H,7-10,13-19,21-23H2,1-6H3/p+1/t25-,26+,30-/m1/s1. The Morgan fingerprint density at radius 3 is 2.47 bits per heavy atom. The van der Waals surface area contributed by atoms with Crippen LogP contribution in [0.4, 0.5) is 0 Å². The van der Waals surface area contributed by atoms with Crippen molar-refractivity contribution in [1.82, 2.24) is 14.7 Å². The Labute approximate surface area is 257 Å². The molecule has 1 aromatic carbocycles. The van der Waals surface area contributed by atoms with Crippen LogP contribution in [0.5, 0.6) is 11.5 Å². The number of carbonyl (C=O) groups is 3. The lowest BCUT2D eigenvalue weighted by molar-refractivity contribution is -0.870. The van der Waals surface area contributed by atoms with E-state index in [0.29, 0.717) is 50.6 Å². The Morgan fingerprint density at radius 2 is 1.81 bits per heavy atom. The maximum Gasteiger partial charge on any atom is 0.308 e. The van der Waals surface area contributed by atoms with Gasteiger partial charge in [-0.05, 0) is 49.8 Å². The summed E-state index contributed by atoms with van der Waals surface area (Å²) < 4.78 is 12.0. The zero-order valence-electron chi connectivity index (χ0n) is 27.1. The quantitative estimate of drug-likeness (QED) is 0.242. The van der Waals surface area contributed by atoms with Crippen molar-refractivity contribution in [3.8, 4) is 11.5 Å². The van der Waals surface area contributed by atoms with E-state index in [1.807, 2.05) is 41.8 Å². The summed E-state index contributed by atoms with van der Waals surface area (Å²) in [5.74, 6) is -0.457. The van der Waals surface area contributed by atoms with E-state index in [2.05, 4.69) is 33.0 Å². The van der Waals surface area contributed by atoms with Crippen molar-refractivity contribution in [2.75, 3.05) is 73.7 Å². The highest BCUT2D eigenvalue weighted by Crippen LogP contribution is 2.43. The van der Waals surface area contributed by atoms with Gasteiger partial charge in [0.2, 0.25) is 18.6 Å². The number of carbonyl (C=O) groups excluding carboxylic acids is 2. The molecule has 0 aromatic heterocycles. The number of nitrogens with zero attached hydrogens (tertiary/aromatic N) is 4. The molecule has 3 heterocycles. The molecule has 0 spiro atoms. The second kappa shape index (κ2) is 13.8. The third-order valence-corrected chi connectivity index (χ3v) is 9.41. The minimum Gasteiger partial charge on any atom is -0.481 e. The zero-order valence-corrected chi connectivity index (χ0v) is 27.1. The van der Waals surface area contributed by atoms with Crippen molar-refractivity contribution < 1.29 is 33.4 Å². The molecule has 10 heteroatoms. The fourth-order valence-electron chi connectivity index (χ4n) is 6.76. The summed E-state index contributed by atoms with van der Waals surface area (Å²) in [4.78, 5) is 45.6. The van der Waals surface area contributed by atoms with E-state index in [0.717, 1.165) is 48.7 Å². The molecule has 0 unspecified atom stereocenters. The molecule has 1 aromatic rings. The SMILES string of the molecule is CCCCN(CCCC[N+](C)(C)C)C(=O)CN1C[C@H](c2ccc3c(c2)OCO3)[C@@H](C(=O)O)[C@@H]1CCN1CCC(C)(C)C1=O. The number of ether oxygens (including phenoxy) is 2. The van der Waals surface area contributed by atoms with E-state index in [9.17, 15) is 19.5 Å². The van der Waals surface area contributed by atoms with E-state index in [4.69, 9.17) is 9.47 Å². The minimum absolute atomic E-state index is 0.0533. The molecule has 0 saturated carbocycles. The number of aliphatic carboxylic acids is 1. The van der Waals surface area contributed by atoms with Gasteiger partial charge in [0.15, 0.2) is 11.5 Å². The smallest absolute Gasteiger partial charge is 0.308 e. The van der Waals surface area contributed by atoms with Crippen molar-refractivity contribution in [3.05, 3.63) is 23.8 Å². The van der Waals surface area contributed by atoms with Crippen molar-refractivity contribution in [2.45, 2.75) is 71.3 Å². The normalized spacial score (nSPS) is 23.3. The summed E-state index contributed by atoms with van der Waals surface area (Å²) in [5, 5.41) is 10.6. The van der Waals surface area contributed by atoms with Crippen LogP contribution in [0.3, 0.4) is 0 Å². The number of likely N-dealkylation sites (tertiary alicyclic amines) is 2. The van der Waals surface area contributed by atoms with Gasteiger partial charge < -0.3 is 28.9 Å². The molecule has 2 saturated heterocycles. The van der Waals surface area contributed by atoms with Crippen LogP contribution in [0, 0.1) is 11.3 Å². The van der Waals surface area contributed by atoms with Crippen molar-refractivity contribution in [1.29, 1.82) is 0 Å². The second-order valence-electron chi connectivity index (χ2n) is 14.3. The number of rotatable bonds is 15. The van der Waals surface area contributed by atoms with Gasteiger partial charge in [0, 0.05) is 50.1 Å². The summed E-state index contributed by atoms with van der Waals surface area (Å²) in [6.45, 7) is 10.5. The zero-order chi connectivity index (χ0) is 31.4. The number of quaternary nitrogens is 1. The number of amides is 2. The number of carboxylic acid groups (broad SMARTS) is 1. The third-order valence-electron chi connectivity index (χ3n) is 9.41. The molecule has 1 N–H and O–H groups in total. The van der Waals surface area contributed by atoms with Crippen LogP contribution >= 0.6 is 0 Å². The number of benzene rings is 1. The first-order valence-corrected chi connectivity index (χ1v) is 16.0. The third kappa shape index (κ3) is 8.20. The molecular formula is C33H53N4O6+. The Morgan fingerprint density at radius 1 is 1.09 bits per heavy atom. The average molecular weight is 602 g/mol. The molecule has 3 aliphatic rings. The molecule has 2 amide bonds. The highest BCUT2D eigenvalue weighted by atomic mass is 16.7. The van der Waals surface area contributed by atoms with Gasteiger partial charge in [-0.3, -0.25) is 19.3 Å². The molecular weight excluding hydrogens is 548 g/mol. The van der Waals surface area contributed by atoms with Crippen LogP contribution in [-0.2, 0) is 14.4 Å². The first-order valence-electron chi connectivity index (χ1n) is 16.0. The van der Waals surface area contributed by atoms with Gasteiger partial charge in [0.1, 0.15) is 0 Å². The molecule has 10 nitrogen and oxygen atoms in total. The van der Waals surface area contributed by atoms with Gasteiger partial charge in [-0.2, -0.15) is 0 Å². The lowest BCUT2D eigenvalue weighted by Gasteiger charge is -2.31. The Hall–Kier alpha value is -2.85. The second-order valence-corrected chi connectivity index (χ2v) is 14.3. The van der Waals surface area contributed by atoms with Gasteiger partial charge in [-0.15, -0.1) is 0 Å². The predicted octanol–water partition coefficient (Wildman–Crippen LogP) is 3.65. The van der Waals surface area contributed by atoms with Gasteiger partial charge in [0.05, 0.1) is 40.2 Å². The molecule has 0 radical (unpaired) electrons. The van der Waals surface area contributed by atoms with Crippen LogP contribution in [0.15, 0.2) is 18.2 Å². The summed E-state index contributed by atoms with van der Waals surface area (Å²) in [6.07, 6.45) is 5.22. The van der Waals surface area contributed by atoms with E-state index >= 15 is 0 Å². The fraction of sp³-hybridized carbons (Fsp3) is 0.727. The Balaban J connectivity index is 1.54. The van der Waals surface area contributed by atoms with E-state index in [1.165, 1.54) is 0 Å². The minimum atomic E-state index is -0.876. The van der Waals surface area contributed by atoms with Gasteiger partial charge in [-0.25, -0.2) is 0 Å². The van der Waals surface area contributed by atoms with Crippen molar-refractivity contribution in [2.24, 2.45) is 11.3 Å². The topological polar surface area (TPSA) is 99.6 Å². The first-order chi connectivity index (χ1) is 20.3. The molecule has 2 fully saturated rings. The lowest BCUT2D eigenvalue weighted by atomic mass is 9.84. The summed E-state index contributed by atoms with van der Waals surface area (Å²) in [5.41, 5.74) is 0.483. The number of unbranched alkanes of at least 4 members (excludes halogenated alkanes) is 2. The average Bonchev–Trinajstić information content (AvgIpc) is 3.62. The van der Waals surface area contributed by atoms with Crippen LogP contribution in [0.1, 0.15) is 70.8 Å². The highest BCUT2D eigenvalue weighted by Gasteiger charge is 2.48. The molecule has 43 heavy (non-hydrogen) atoms. The molecule has 0 aliphatic carbocycles. The predicted molar refractivity (Wildman–Crippen MR) is 165 cm³/mol. The first kappa shape index (κ1) is 33.1. The Bertz CT molecular complexity index is 1150. The molecule has 3 aliphatic heterocycles. The van der Waals surface area contributed by atoms with E-state index < -0.39 is 17.3 Å². The highest BCUT2D eigenvalue weighted by molar-refractivity contribution is 5.84. The molecule has 240 valence electrons. The number of carboxylic acids is 1. The molecule has 3 atom stereocenters. The summed E-state index contributed by atoms with van der Waals surface area (Å²) >= 11 is 0. The molecule has 0 bridgehead atoms. The van der Waals surface area contributed by atoms with Gasteiger partial charge >= 0.3 is 5.97 Å². The van der Waals surface area contributed by atoms with Crippen LogP contribution in [-0.4, -0.2) is 122 Å². The van der Waals surface area contributed by atoms with Crippen LogP contribution in [0.25, 0.3) is 0 Å².